The Morgan fingerprint density at radius 2 is 1.68 bits per heavy atom. The minimum Gasteiger partial charge on any atom is -0.480 e. The molecule has 2 amide bonds. The number of alkyl carbamates (subject to hydrolysis) is 1. The smallest absolute Gasteiger partial charge is 0.407 e. The highest BCUT2D eigenvalue weighted by Crippen LogP contribution is 2.44. The first-order chi connectivity index (χ1) is 16.3. The molecule has 34 heavy (non-hydrogen) atoms. The number of nitrogens with one attached hydrogen (secondary N) is 2. The number of amides is 2. The van der Waals surface area contributed by atoms with E-state index in [1.165, 1.54) is 6.92 Å². The zero-order valence-electron chi connectivity index (χ0n) is 19.4. The lowest BCUT2D eigenvalue weighted by atomic mass is 9.98. The molecule has 1 saturated heterocycles. The maximum Gasteiger partial charge on any atom is 0.407 e. The van der Waals surface area contributed by atoms with Crippen LogP contribution in [0.25, 0.3) is 11.1 Å². The molecule has 0 radical (unpaired) electrons. The van der Waals surface area contributed by atoms with Crippen molar-refractivity contribution in [3.63, 3.8) is 0 Å². The van der Waals surface area contributed by atoms with Crippen LogP contribution in [0.4, 0.5) is 4.79 Å². The summed E-state index contributed by atoms with van der Waals surface area (Å²) in [6.07, 6.45) is -0.315. The number of carboxylic acid groups (broad SMARTS) is 1. The molecule has 0 bridgehead atoms. The standard InChI is InChI=1S/C26H30N2O6/c1-3-26(2,24(30)31)28-23(29)22-13-12-16(34-22)14-27-25(32)33-15-21-19-10-6-4-8-17(19)18-9-5-7-11-20(18)21/h4-11,16,21-22H,3,12-15H2,1-2H3,(H,27,32)(H,28,29)(H,30,31). The van der Waals surface area contributed by atoms with E-state index < -0.39 is 29.6 Å². The fourth-order valence-electron chi connectivity index (χ4n) is 4.54. The maximum absolute atomic E-state index is 12.4. The molecule has 4 rings (SSSR count). The van der Waals surface area contributed by atoms with Crippen LogP contribution in [0.3, 0.4) is 0 Å². The lowest BCUT2D eigenvalue weighted by Gasteiger charge is -2.26. The summed E-state index contributed by atoms with van der Waals surface area (Å²) in [6, 6.07) is 16.3. The Kier molecular flexibility index (Phi) is 6.88. The number of ether oxygens (including phenoxy) is 2. The predicted molar refractivity (Wildman–Crippen MR) is 125 cm³/mol. The van der Waals surface area contributed by atoms with Crippen molar-refractivity contribution in [3.8, 4) is 11.1 Å². The summed E-state index contributed by atoms with van der Waals surface area (Å²) in [5, 5.41) is 14.6. The molecule has 0 spiro atoms. The highest BCUT2D eigenvalue weighted by molar-refractivity contribution is 5.89. The van der Waals surface area contributed by atoms with Gasteiger partial charge in [-0.15, -0.1) is 0 Å². The van der Waals surface area contributed by atoms with Crippen molar-refractivity contribution in [2.24, 2.45) is 0 Å². The van der Waals surface area contributed by atoms with Crippen molar-refractivity contribution < 1.29 is 29.0 Å². The normalized spacial score (nSPS) is 20.6. The van der Waals surface area contributed by atoms with Gasteiger partial charge in [-0.25, -0.2) is 9.59 Å². The molecular weight excluding hydrogens is 436 g/mol. The van der Waals surface area contributed by atoms with Crippen LogP contribution in [0, 0.1) is 0 Å². The molecule has 1 aliphatic heterocycles. The first-order valence-corrected chi connectivity index (χ1v) is 11.6. The van der Waals surface area contributed by atoms with Crippen molar-refractivity contribution in [1.29, 1.82) is 0 Å². The molecule has 0 aromatic heterocycles. The van der Waals surface area contributed by atoms with Crippen LogP contribution in [-0.2, 0) is 19.1 Å². The van der Waals surface area contributed by atoms with Gasteiger partial charge in [0, 0.05) is 12.5 Å². The van der Waals surface area contributed by atoms with E-state index in [2.05, 4.69) is 34.9 Å². The number of hydrogen-bond donors (Lipinski definition) is 3. The van der Waals surface area contributed by atoms with E-state index in [1.54, 1.807) is 6.92 Å². The topological polar surface area (TPSA) is 114 Å². The molecule has 8 heteroatoms. The lowest BCUT2D eigenvalue weighted by molar-refractivity contribution is -0.149. The molecule has 180 valence electrons. The van der Waals surface area contributed by atoms with Gasteiger partial charge in [-0.2, -0.15) is 0 Å². The van der Waals surface area contributed by atoms with E-state index in [0.717, 1.165) is 22.3 Å². The molecule has 2 aliphatic rings. The number of benzene rings is 2. The van der Waals surface area contributed by atoms with Gasteiger partial charge in [-0.1, -0.05) is 55.5 Å². The first-order valence-electron chi connectivity index (χ1n) is 11.6. The van der Waals surface area contributed by atoms with Crippen molar-refractivity contribution >= 4 is 18.0 Å². The molecule has 3 unspecified atom stereocenters. The minimum atomic E-state index is -1.34. The van der Waals surface area contributed by atoms with Gasteiger partial charge in [0.15, 0.2) is 0 Å². The first kappa shape index (κ1) is 23.8. The summed E-state index contributed by atoms with van der Waals surface area (Å²) in [7, 11) is 0. The zero-order valence-corrected chi connectivity index (χ0v) is 19.4. The Labute approximate surface area is 198 Å². The minimum absolute atomic E-state index is 0.0175. The Balaban J connectivity index is 1.26. The molecule has 8 nitrogen and oxygen atoms in total. The van der Waals surface area contributed by atoms with Gasteiger partial charge in [-0.3, -0.25) is 4.79 Å². The van der Waals surface area contributed by atoms with Crippen LogP contribution >= 0.6 is 0 Å². The van der Waals surface area contributed by atoms with E-state index in [9.17, 15) is 19.5 Å². The van der Waals surface area contributed by atoms with Crippen LogP contribution in [0.1, 0.15) is 50.2 Å². The van der Waals surface area contributed by atoms with Crippen LogP contribution in [0.5, 0.6) is 0 Å². The third-order valence-electron chi connectivity index (χ3n) is 6.80. The number of carbonyl (C=O) groups excluding carboxylic acids is 2. The van der Waals surface area contributed by atoms with E-state index >= 15 is 0 Å². The summed E-state index contributed by atoms with van der Waals surface area (Å²) in [6.45, 7) is 3.61. The molecule has 3 atom stereocenters. The lowest BCUT2D eigenvalue weighted by Crippen LogP contribution is -2.54. The van der Waals surface area contributed by atoms with Crippen LogP contribution in [0.2, 0.25) is 0 Å². The Morgan fingerprint density at radius 1 is 1.06 bits per heavy atom. The van der Waals surface area contributed by atoms with Crippen LogP contribution in [-0.4, -0.2) is 54.0 Å². The number of carbonyl (C=O) groups is 3. The predicted octanol–water partition coefficient (Wildman–Crippen LogP) is 3.44. The second kappa shape index (κ2) is 9.85. The summed E-state index contributed by atoms with van der Waals surface area (Å²) in [5.41, 5.74) is 3.28. The Morgan fingerprint density at radius 3 is 2.26 bits per heavy atom. The maximum atomic E-state index is 12.4. The van der Waals surface area contributed by atoms with Gasteiger partial charge in [0.25, 0.3) is 0 Å². The summed E-state index contributed by atoms with van der Waals surface area (Å²) in [4.78, 5) is 36.2. The van der Waals surface area contributed by atoms with E-state index in [1.807, 2.05) is 24.3 Å². The number of rotatable bonds is 8. The second-order valence-electron chi connectivity index (χ2n) is 9.01. The largest absolute Gasteiger partial charge is 0.480 e. The van der Waals surface area contributed by atoms with E-state index in [-0.39, 0.29) is 31.6 Å². The third kappa shape index (κ3) is 4.77. The number of carboxylic acids is 1. The van der Waals surface area contributed by atoms with Crippen molar-refractivity contribution in [1.82, 2.24) is 10.6 Å². The number of aliphatic carboxylic acids is 1. The van der Waals surface area contributed by atoms with E-state index in [0.29, 0.717) is 12.8 Å². The average molecular weight is 467 g/mol. The van der Waals surface area contributed by atoms with Gasteiger partial charge < -0.3 is 25.2 Å². The third-order valence-corrected chi connectivity index (χ3v) is 6.80. The molecule has 2 aromatic carbocycles. The summed E-state index contributed by atoms with van der Waals surface area (Å²) >= 11 is 0. The highest BCUT2D eigenvalue weighted by atomic mass is 16.5. The Bertz CT molecular complexity index is 1040. The zero-order chi connectivity index (χ0) is 24.3. The molecule has 3 N–H and O–H groups in total. The number of hydrogen-bond acceptors (Lipinski definition) is 5. The monoisotopic (exact) mass is 466 g/mol. The SMILES string of the molecule is CCC(C)(NC(=O)C1CCC(CNC(=O)OCC2c3ccccc3-c3ccccc32)O1)C(=O)O. The van der Waals surface area contributed by atoms with Crippen LogP contribution < -0.4 is 10.6 Å². The Hall–Kier alpha value is -3.39. The van der Waals surface area contributed by atoms with Crippen molar-refractivity contribution in [2.45, 2.75) is 56.8 Å². The fraction of sp³-hybridized carbons (Fsp3) is 0.423. The molecule has 0 saturated carbocycles. The van der Waals surface area contributed by atoms with Gasteiger partial charge in [0.2, 0.25) is 5.91 Å². The molecular formula is C26H30N2O6. The quantitative estimate of drug-likeness (QED) is 0.549. The van der Waals surface area contributed by atoms with E-state index in [4.69, 9.17) is 9.47 Å². The average Bonchev–Trinajstić information content (AvgIpc) is 3.44. The number of fused-ring (bicyclic) bond motifs is 3. The molecule has 1 aliphatic carbocycles. The second-order valence-corrected chi connectivity index (χ2v) is 9.01. The molecule has 1 fully saturated rings. The van der Waals surface area contributed by atoms with Gasteiger partial charge in [0.1, 0.15) is 18.2 Å². The fourth-order valence-corrected chi connectivity index (χ4v) is 4.54. The van der Waals surface area contributed by atoms with Gasteiger partial charge >= 0.3 is 12.1 Å². The molecule has 1 heterocycles. The molecule has 2 aromatic rings. The van der Waals surface area contributed by atoms with Gasteiger partial charge in [0.05, 0.1) is 6.10 Å². The van der Waals surface area contributed by atoms with Crippen LogP contribution in [0.15, 0.2) is 48.5 Å². The summed E-state index contributed by atoms with van der Waals surface area (Å²) in [5.74, 6) is -1.55. The van der Waals surface area contributed by atoms with Crippen molar-refractivity contribution in [3.05, 3.63) is 59.7 Å². The van der Waals surface area contributed by atoms with Gasteiger partial charge in [-0.05, 0) is 48.4 Å². The highest BCUT2D eigenvalue weighted by Gasteiger charge is 2.38. The van der Waals surface area contributed by atoms with Crippen molar-refractivity contribution in [2.75, 3.05) is 13.2 Å². The summed E-state index contributed by atoms with van der Waals surface area (Å²) < 4.78 is 11.3.